The minimum Gasteiger partial charge on any atom is -0.488 e. The maximum Gasteiger partial charge on any atom is 0.131 e. The van der Waals surface area contributed by atoms with Gasteiger partial charge in [-0.15, -0.1) is 11.8 Å². The van der Waals surface area contributed by atoms with Crippen LogP contribution < -0.4 is 10.5 Å². The van der Waals surface area contributed by atoms with Crippen molar-refractivity contribution in [3.8, 4) is 5.75 Å². The van der Waals surface area contributed by atoms with Gasteiger partial charge in [0.25, 0.3) is 0 Å². The third kappa shape index (κ3) is 3.92. The van der Waals surface area contributed by atoms with Crippen LogP contribution in [0.4, 0.5) is 0 Å². The molecule has 0 saturated heterocycles. The van der Waals surface area contributed by atoms with Gasteiger partial charge in [0.05, 0.1) is 12.2 Å². The highest BCUT2D eigenvalue weighted by atomic mass is 32.2. The Bertz CT molecular complexity index is 410. The highest BCUT2D eigenvalue weighted by Gasteiger charge is 2.14. The van der Waals surface area contributed by atoms with Crippen molar-refractivity contribution in [2.45, 2.75) is 24.8 Å². The number of amidine groups is 1. The van der Waals surface area contributed by atoms with E-state index in [1.165, 1.54) is 0 Å². The molecule has 0 radical (unpaired) electrons. The second-order valence-corrected chi connectivity index (χ2v) is 4.68. The fourth-order valence-corrected chi connectivity index (χ4v) is 2.21. The number of nitrogens with two attached hydrogens (primary N) is 1. The predicted octanol–water partition coefficient (Wildman–Crippen LogP) is 2.50. The van der Waals surface area contributed by atoms with Crippen LogP contribution in [-0.4, -0.2) is 31.4 Å². The van der Waals surface area contributed by atoms with Crippen molar-refractivity contribution in [3.63, 3.8) is 0 Å². The molecule has 5 heteroatoms. The molecule has 1 aromatic rings. The van der Waals surface area contributed by atoms with Crippen LogP contribution in [0.25, 0.3) is 0 Å². The highest BCUT2D eigenvalue weighted by Crippen LogP contribution is 2.29. The summed E-state index contributed by atoms with van der Waals surface area (Å²) in [4.78, 5) is 0.948. The highest BCUT2D eigenvalue weighted by molar-refractivity contribution is 7.98. The van der Waals surface area contributed by atoms with Crippen LogP contribution >= 0.6 is 11.8 Å². The number of thioether (sulfide) groups is 1. The van der Waals surface area contributed by atoms with Crippen LogP contribution in [0.3, 0.4) is 0 Å². The molecule has 1 atom stereocenters. The van der Waals surface area contributed by atoms with Crippen molar-refractivity contribution >= 4 is 17.6 Å². The van der Waals surface area contributed by atoms with E-state index in [1.54, 1.807) is 11.8 Å². The summed E-state index contributed by atoms with van der Waals surface area (Å²) < 4.78 is 11.1. The molecule has 0 bridgehead atoms. The SMILES string of the molecule is CCOCC(C)Oc1cccc(SC)c1C(=N)N. The lowest BCUT2D eigenvalue weighted by Gasteiger charge is -2.18. The average Bonchev–Trinajstić information content (AvgIpc) is 2.35. The van der Waals surface area contributed by atoms with Gasteiger partial charge in [0.1, 0.15) is 17.7 Å². The van der Waals surface area contributed by atoms with Crippen LogP contribution in [0.5, 0.6) is 5.75 Å². The van der Waals surface area contributed by atoms with E-state index in [0.29, 0.717) is 24.5 Å². The summed E-state index contributed by atoms with van der Waals surface area (Å²) in [6, 6.07) is 5.67. The number of nitrogens with one attached hydrogen (secondary N) is 1. The molecule has 1 rings (SSSR count). The number of ether oxygens (including phenoxy) is 2. The average molecular weight is 268 g/mol. The second-order valence-electron chi connectivity index (χ2n) is 3.84. The molecule has 18 heavy (non-hydrogen) atoms. The molecule has 3 N–H and O–H groups in total. The Labute approximate surface area is 112 Å². The van der Waals surface area contributed by atoms with Gasteiger partial charge in [-0.25, -0.2) is 0 Å². The van der Waals surface area contributed by atoms with E-state index >= 15 is 0 Å². The number of rotatable bonds is 7. The maximum atomic E-state index is 7.66. The van der Waals surface area contributed by atoms with E-state index in [1.807, 2.05) is 38.3 Å². The van der Waals surface area contributed by atoms with Gasteiger partial charge in [0, 0.05) is 11.5 Å². The van der Waals surface area contributed by atoms with E-state index in [0.717, 1.165) is 4.90 Å². The number of hydrogen-bond donors (Lipinski definition) is 2. The Morgan fingerprint density at radius 2 is 2.22 bits per heavy atom. The summed E-state index contributed by atoms with van der Waals surface area (Å²) in [5.74, 6) is 0.667. The topological polar surface area (TPSA) is 68.3 Å². The summed E-state index contributed by atoms with van der Waals surface area (Å²) in [5.41, 5.74) is 6.29. The molecule has 4 nitrogen and oxygen atoms in total. The molecule has 0 aliphatic heterocycles. The summed E-state index contributed by atoms with van der Waals surface area (Å²) in [6.45, 7) is 5.07. The Kier molecular flexibility index (Phi) is 6.01. The van der Waals surface area contributed by atoms with Crippen molar-refractivity contribution in [2.75, 3.05) is 19.5 Å². The van der Waals surface area contributed by atoms with E-state index in [9.17, 15) is 0 Å². The molecular weight excluding hydrogens is 248 g/mol. The summed E-state index contributed by atoms with van der Waals surface area (Å²) in [6.07, 6.45) is 1.88. The fraction of sp³-hybridized carbons (Fsp3) is 0.462. The first-order valence-electron chi connectivity index (χ1n) is 5.85. The minimum atomic E-state index is -0.0693. The van der Waals surface area contributed by atoms with Crippen LogP contribution in [0.1, 0.15) is 19.4 Å². The quantitative estimate of drug-likeness (QED) is 0.453. The predicted molar refractivity (Wildman–Crippen MR) is 75.8 cm³/mol. The molecule has 0 saturated carbocycles. The Balaban J connectivity index is 2.90. The molecule has 0 aliphatic rings. The summed E-state index contributed by atoms with van der Waals surface area (Å²) in [5, 5.41) is 7.66. The van der Waals surface area contributed by atoms with Crippen LogP contribution in [0, 0.1) is 5.41 Å². The number of benzene rings is 1. The molecule has 1 unspecified atom stereocenters. The van der Waals surface area contributed by atoms with Crippen LogP contribution in [-0.2, 0) is 4.74 Å². The molecule has 0 aromatic heterocycles. The van der Waals surface area contributed by atoms with E-state index in [4.69, 9.17) is 20.6 Å². The molecule has 1 aromatic carbocycles. The van der Waals surface area contributed by atoms with Crippen molar-refractivity contribution < 1.29 is 9.47 Å². The summed E-state index contributed by atoms with van der Waals surface area (Å²) >= 11 is 1.55. The third-order valence-corrected chi connectivity index (χ3v) is 3.14. The van der Waals surface area contributed by atoms with Crippen molar-refractivity contribution in [1.29, 1.82) is 5.41 Å². The van der Waals surface area contributed by atoms with Crippen molar-refractivity contribution in [2.24, 2.45) is 5.73 Å². The lowest BCUT2D eigenvalue weighted by Crippen LogP contribution is -2.22. The van der Waals surface area contributed by atoms with E-state index in [2.05, 4.69) is 0 Å². The smallest absolute Gasteiger partial charge is 0.131 e. The standard InChI is InChI=1S/C13H20N2O2S/c1-4-16-8-9(2)17-10-6-5-7-11(18-3)12(10)13(14)15/h5-7,9H,4,8H2,1-3H3,(H3,14,15). The van der Waals surface area contributed by atoms with Gasteiger partial charge in [-0.3, -0.25) is 5.41 Å². The molecule has 0 aliphatic carbocycles. The van der Waals surface area contributed by atoms with Crippen molar-refractivity contribution in [3.05, 3.63) is 23.8 Å². The molecular formula is C13H20N2O2S. The van der Waals surface area contributed by atoms with Crippen LogP contribution in [0.15, 0.2) is 23.1 Å². The van der Waals surface area contributed by atoms with Crippen molar-refractivity contribution in [1.82, 2.24) is 0 Å². The molecule has 0 amide bonds. The van der Waals surface area contributed by atoms with E-state index < -0.39 is 0 Å². The molecule has 100 valence electrons. The molecule has 0 heterocycles. The number of hydrogen-bond acceptors (Lipinski definition) is 4. The van der Waals surface area contributed by atoms with Gasteiger partial charge in [-0.2, -0.15) is 0 Å². The van der Waals surface area contributed by atoms with Gasteiger partial charge in [-0.05, 0) is 32.2 Å². The largest absolute Gasteiger partial charge is 0.488 e. The lowest BCUT2D eigenvalue weighted by molar-refractivity contribution is 0.0655. The minimum absolute atomic E-state index is 0.0264. The number of nitrogen functional groups attached to an aromatic ring is 1. The maximum absolute atomic E-state index is 7.66. The Morgan fingerprint density at radius 3 is 2.78 bits per heavy atom. The first-order valence-corrected chi connectivity index (χ1v) is 7.08. The zero-order valence-electron chi connectivity index (χ0n) is 11.0. The Morgan fingerprint density at radius 1 is 1.50 bits per heavy atom. The normalized spacial score (nSPS) is 12.2. The van der Waals surface area contributed by atoms with Gasteiger partial charge in [-0.1, -0.05) is 6.07 Å². The van der Waals surface area contributed by atoms with Gasteiger partial charge in [0.15, 0.2) is 0 Å². The zero-order valence-corrected chi connectivity index (χ0v) is 11.8. The monoisotopic (exact) mass is 268 g/mol. The second kappa shape index (κ2) is 7.28. The third-order valence-electron chi connectivity index (χ3n) is 2.36. The summed E-state index contributed by atoms with van der Waals surface area (Å²) in [7, 11) is 0. The van der Waals surface area contributed by atoms with Gasteiger partial charge in [0.2, 0.25) is 0 Å². The lowest BCUT2D eigenvalue weighted by atomic mass is 10.2. The fourth-order valence-electron chi connectivity index (χ4n) is 1.58. The molecule has 0 fully saturated rings. The molecule has 0 spiro atoms. The first-order chi connectivity index (χ1) is 8.60. The first kappa shape index (κ1) is 14.9. The zero-order chi connectivity index (χ0) is 13.5. The van der Waals surface area contributed by atoms with Crippen LogP contribution in [0.2, 0.25) is 0 Å². The van der Waals surface area contributed by atoms with E-state index in [-0.39, 0.29) is 11.9 Å². The van der Waals surface area contributed by atoms with Gasteiger partial charge >= 0.3 is 0 Å². The van der Waals surface area contributed by atoms with Gasteiger partial charge < -0.3 is 15.2 Å². The Hall–Kier alpha value is -1.20.